The predicted molar refractivity (Wildman–Crippen MR) is 90.4 cm³/mol. The number of rotatable bonds is 4. The molecule has 0 bridgehead atoms. The predicted octanol–water partition coefficient (Wildman–Crippen LogP) is 3.13. The Hall–Kier alpha value is -0.650. The molecule has 0 atom stereocenters. The first kappa shape index (κ1) is 15.7. The lowest BCUT2D eigenvalue weighted by Gasteiger charge is -2.29. The van der Waals surface area contributed by atoms with E-state index in [1.807, 2.05) is 56.8 Å². The summed E-state index contributed by atoms with van der Waals surface area (Å²) < 4.78 is 0. The van der Waals surface area contributed by atoms with Gasteiger partial charge in [0.15, 0.2) is 0 Å². The average Bonchev–Trinajstić information content (AvgIpc) is 2.68. The van der Waals surface area contributed by atoms with Crippen molar-refractivity contribution in [3.63, 3.8) is 0 Å². The molecule has 0 spiro atoms. The molecule has 0 saturated carbocycles. The van der Waals surface area contributed by atoms with Crippen LogP contribution in [0.25, 0.3) is 0 Å². The van der Waals surface area contributed by atoms with E-state index in [0.29, 0.717) is 6.54 Å². The molecule has 1 amide bonds. The van der Waals surface area contributed by atoms with Crippen LogP contribution in [0.15, 0.2) is 30.3 Å². The molecule has 110 valence electrons. The van der Waals surface area contributed by atoms with Crippen LogP contribution in [0.5, 0.6) is 0 Å². The summed E-state index contributed by atoms with van der Waals surface area (Å²) in [6.45, 7) is 6.67. The number of amides is 1. The van der Waals surface area contributed by atoms with Crippen molar-refractivity contribution in [2.45, 2.75) is 19.9 Å². The Morgan fingerprint density at radius 1 is 1.20 bits per heavy atom. The average molecular weight is 310 g/mol. The molecule has 1 aliphatic rings. The highest BCUT2D eigenvalue weighted by molar-refractivity contribution is 8.76. The molecule has 1 fully saturated rings. The highest BCUT2D eigenvalue weighted by atomic mass is 33.1. The molecule has 20 heavy (non-hydrogen) atoms. The minimum Gasteiger partial charge on any atom is -0.309 e. The molecule has 1 aromatic rings. The van der Waals surface area contributed by atoms with Crippen molar-refractivity contribution in [1.82, 2.24) is 4.90 Å². The second-order valence-electron chi connectivity index (χ2n) is 5.11. The van der Waals surface area contributed by atoms with Crippen LogP contribution in [0.4, 0.5) is 5.69 Å². The van der Waals surface area contributed by atoms with E-state index in [0.717, 1.165) is 30.3 Å². The highest BCUT2D eigenvalue weighted by Gasteiger charge is 2.21. The quantitative estimate of drug-likeness (QED) is 0.797. The number of nitrogens with zero attached hydrogens (tertiary/aromatic N) is 2. The minimum atomic E-state index is 0.181. The largest absolute Gasteiger partial charge is 0.309 e. The zero-order chi connectivity index (χ0) is 14.4. The number of benzene rings is 1. The summed E-state index contributed by atoms with van der Waals surface area (Å²) in [6, 6.07) is 10.1. The number of hydrogen-bond acceptors (Lipinski definition) is 4. The van der Waals surface area contributed by atoms with Gasteiger partial charge in [-0.15, -0.1) is 0 Å². The molecule has 0 N–H and O–H groups in total. The summed E-state index contributed by atoms with van der Waals surface area (Å²) in [4.78, 5) is 16.8. The third-order valence-electron chi connectivity index (χ3n) is 3.24. The fourth-order valence-electron chi connectivity index (χ4n) is 2.31. The van der Waals surface area contributed by atoms with Crippen molar-refractivity contribution in [1.29, 1.82) is 0 Å². The summed E-state index contributed by atoms with van der Waals surface area (Å²) in [5.74, 6) is 2.40. The molecule has 0 aliphatic carbocycles. The van der Waals surface area contributed by atoms with Gasteiger partial charge in [0, 0.05) is 36.3 Å². The molecule has 1 saturated heterocycles. The number of carbonyl (C=O) groups excluding carboxylic acids is 1. The summed E-state index contributed by atoms with van der Waals surface area (Å²) in [6.07, 6.45) is 0. The van der Waals surface area contributed by atoms with Crippen LogP contribution in [0.2, 0.25) is 0 Å². The van der Waals surface area contributed by atoms with E-state index in [-0.39, 0.29) is 11.9 Å². The van der Waals surface area contributed by atoms with Gasteiger partial charge in [0.1, 0.15) is 0 Å². The molecular weight excluding hydrogens is 288 g/mol. The van der Waals surface area contributed by atoms with Crippen molar-refractivity contribution in [2.75, 3.05) is 36.0 Å². The molecule has 1 aliphatic heterocycles. The zero-order valence-corrected chi connectivity index (χ0v) is 13.8. The first-order valence-corrected chi connectivity index (χ1v) is 9.51. The van der Waals surface area contributed by atoms with Gasteiger partial charge in [0.25, 0.3) is 0 Å². The van der Waals surface area contributed by atoms with Crippen molar-refractivity contribution in [2.24, 2.45) is 0 Å². The van der Waals surface area contributed by atoms with Crippen LogP contribution in [0.1, 0.15) is 13.8 Å². The van der Waals surface area contributed by atoms with E-state index in [4.69, 9.17) is 0 Å². The Kier molecular flexibility index (Phi) is 6.26. The molecule has 2 rings (SSSR count). The van der Waals surface area contributed by atoms with Gasteiger partial charge in [0.05, 0.1) is 6.54 Å². The Morgan fingerprint density at radius 3 is 2.35 bits per heavy atom. The fourth-order valence-corrected chi connectivity index (χ4v) is 4.36. The van der Waals surface area contributed by atoms with Crippen LogP contribution in [0, 0.1) is 0 Å². The van der Waals surface area contributed by atoms with Crippen LogP contribution in [-0.2, 0) is 4.79 Å². The van der Waals surface area contributed by atoms with E-state index in [9.17, 15) is 4.79 Å². The van der Waals surface area contributed by atoms with Crippen molar-refractivity contribution < 1.29 is 4.79 Å². The normalized spacial score (nSPS) is 16.9. The monoisotopic (exact) mass is 310 g/mol. The minimum absolute atomic E-state index is 0.181. The standard InChI is InChI=1S/C15H22N2OS2/c1-13(2)17(14-6-4-3-5-7-14)15(18)12-16-8-10-19-20-11-9-16/h3-7,13H,8-12H2,1-2H3. The van der Waals surface area contributed by atoms with Crippen LogP contribution in [0.3, 0.4) is 0 Å². The lowest BCUT2D eigenvalue weighted by atomic mass is 10.2. The van der Waals surface area contributed by atoms with E-state index < -0.39 is 0 Å². The zero-order valence-electron chi connectivity index (χ0n) is 12.1. The Balaban J connectivity index is 2.03. The third kappa shape index (κ3) is 4.43. The van der Waals surface area contributed by atoms with E-state index in [1.54, 1.807) is 0 Å². The smallest absolute Gasteiger partial charge is 0.241 e. The number of carbonyl (C=O) groups is 1. The SMILES string of the molecule is CC(C)N(C(=O)CN1CCSSCC1)c1ccccc1. The van der Waals surface area contributed by atoms with Gasteiger partial charge < -0.3 is 4.90 Å². The lowest BCUT2D eigenvalue weighted by molar-refractivity contribution is -0.120. The highest BCUT2D eigenvalue weighted by Crippen LogP contribution is 2.24. The molecule has 0 aromatic heterocycles. The van der Waals surface area contributed by atoms with Gasteiger partial charge in [-0.2, -0.15) is 0 Å². The number of hydrogen-bond donors (Lipinski definition) is 0. The first-order valence-electron chi connectivity index (χ1n) is 7.02. The van der Waals surface area contributed by atoms with E-state index in [1.165, 1.54) is 0 Å². The van der Waals surface area contributed by atoms with E-state index in [2.05, 4.69) is 18.7 Å². The molecule has 3 nitrogen and oxygen atoms in total. The molecule has 1 heterocycles. The summed E-state index contributed by atoms with van der Waals surface area (Å²) in [7, 11) is 3.82. The Labute approximate surface area is 129 Å². The van der Waals surface area contributed by atoms with Crippen LogP contribution < -0.4 is 4.90 Å². The molecule has 1 aromatic carbocycles. The van der Waals surface area contributed by atoms with Gasteiger partial charge in [-0.1, -0.05) is 39.8 Å². The lowest BCUT2D eigenvalue weighted by Crippen LogP contribution is -2.44. The van der Waals surface area contributed by atoms with Crippen molar-refractivity contribution in [3.05, 3.63) is 30.3 Å². The van der Waals surface area contributed by atoms with Gasteiger partial charge >= 0.3 is 0 Å². The topological polar surface area (TPSA) is 23.6 Å². The fraction of sp³-hybridized carbons (Fsp3) is 0.533. The maximum absolute atomic E-state index is 12.6. The second kappa shape index (κ2) is 7.96. The maximum Gasteiger partial charge on any atom is 0.241 e. The summed E-state index contributed by atoms with van der Waals surface area (Å²) >= 11 is 0. The Bertz CT molecular complexity index is 417. The number of para-hydroxylation sites is 1. The van der Waals surface area contributed by atoms with Crippen LogP contribution in [-0.4, -0.2) is 48.0 Å². The second-order valence-corrected chi connectivity index (χ2v) is 7.82. The van der Waals surface area contributed by atoms with Gasteiger partial charge in [-0.05, 0) is 26.0 Å². The summed E-state index contributed by atoms with van der Waals surface area (Å²) in [5.41, 5.74) is 0.992. The van der Waals surface area contributed by atoms with Crippen molar-refractivity contribution >= 4 is 33.2 Å². The maximum atomic E-state index is 12.6. The molecule has 0 unspecified atom stereocenters. The molecule has 5 heteroatoms. The van der Waals surface area contributed by atoms with Gasteiger partial charge in [-0.25, -0.2) is 0 Å². The van der Waals surface area contributed by atoms with Crippen LogP contribution >= 0.6 is 21.6 Å². The summed E-state index contributed by atoms with van der Waals surface area (Å²) in [5, 5.41) is 0. The van der Waals surface area contributed by atoms with Gasteiger partial charge in [-0.3, -0.25) is 9.69 Å². The van der Waals surface area contributed by atoms with E-state index >= 15 is 0 Å². The van der Waals surface area contributed by atoms with Gasteiger partial charge in [0.2, 0.25) is 5.91 Å². The van der Waals surface area contributed by atoms with Crippen molar-refractivity contribution in [3.8, 4) is 0 Å². The first-order chi connectivity index (χ1) is 9.68. The number of anilines is 1. The molecular formula is C15H22N2OS2. The molecule has 0 radical (unpaired) electrons. The third-order valence-corrected chi connectivity index (χ3v) is 5.61. The Morgan fingerprint density at radius 2 is 1.80 bits per heavy atom.